The molecule has 0 aliphatic rings. The van der Waals surface area contributed by atoms with E-state index in [9.17, 15) is 12.8 Å². The Kier molecular flexibility index (Phi) is 4.51. The summed E-state index contributed by atoms with van der Waals surface area (Å²) in [4.78, 5) is -0.389. The molecule has 20 heavy (non-hydrogen) atoms. The molecular formula is C13H10Br2FNO2S. The van der Waals surface area contributed by atoms with E-state index >= 15 is 0 Å². The number of hydrogen-bond acceptors (Lipinski definition) is 2. The van der Waals surface area contributed by atoms with Gasteiger partial charge in [-0.15, -0.1) is 0 Å². The molecule has 0 bridgehead atoms. The van der Waals surface area contributed by atoms with Crippen LogP contribution in [0.1, 0.15) is 5.56 Å². The van der Waals surface area contributed by atoms with Crippen LogP contribution >= 0.6 is 31.9 Å². The van der Waals surface area contributed by atoms with Gasteiger partial charge in [0.15, 0.2) is 0 Å². The third kappa shape index (κ3) is 3.21. The molecular weight excluding hydrogens is 413 g/mol. The standard InChI is InChI=1S/C13H10Br2FNO2S/c1-8-10(15)3-2-4-12(8)17-20(18,19)13-6-5-9(14)7-11(13)16/h2-7,17H,1H3. The van der Waals surface area contributed by atoms with Crippen LogP contribution in [-0.4, -0.2) is 8.42 Å². The molecule has 0 saturated carbocycles. The highest BCUT2D eigenvalue weighted by Gasteiger charge is 2.20. The van der Waals surface area contributed by atoms with Gasteiger partial charge in [0.1, 0.15) is 10.7 Å². The Morgan fingerprint density at radius 2 is 1.85 bits per heavy atom. The Morgan fingerprint density at radius 1 is 1.15 bits per heavy atom. The van der Waals surface area contributed by atoms with E-state index in [4.69, 9.17) is 0 Å². The van der Waals surface area contributed by atoms with Gasteiger partial charge in [0, 0.05) is 8.95 Å². The van der Waals surface area contributed by atoms with Gasteiger partial charge in [-0.2, -0.15) is 0 Å². The molecule has 0 atom stereocenters. The Bertz CT molecular complexity index is 763. The van der Waals surface area contributed by atoms with Gasteiger partial charge in [0.2, 0.25) is 0 Å². The highest BCUT2D eigenvalue weighted by molar-refractivity contribution is 9.10. The zero-order valence-electron chi connectivity index (χ0n) is 10.3. The van der Waals surface area contributed by atoms with Gasteiger partial charge in [0.05, 0.1) is 5.69 Å². The van der Waals surface area contributed by atoms with E-state index in [0.717, 1.165) is 16.1 Å². The monoisotopic (exact) mass is 421 g/mol. The average Bonchev–Trinajstić information content (AvgIpc) is 2.34. The van der Waals surface area contributed by atoms with Gasteiger partial charge >= 0.3 is 0 Å². The summed E-state index contributed by atoms with van der Waals surface area (Å²) in [7, 11) is -3.97. The first-order valence-corrected chi connectivity index (χ1v) is 8.61. The van der Waals surface area contributed by atoms with Crippen molar-refractivity contribution in [1.29, 1.82) is 0 Å². The minimum Gasteiger partial charge on any atom is -0.279 e. The maximum atomic E-state index is 13.8. The Hall–Kier alpha value is -0.920. The summed E-state index contributed by atoms with van der Waals surface area (Å²) in [5, 5.41) is 0. The fourth-order valence-electron chi connectivity index (χ4n) is 1.61. The molecule has 1 N–H and O–H groups in total. The predicted octanol–water partition coefficient (Wildman–Crippen LogP) is 4.46. The number of hydrogen-bond donors (Lipinski definition) is 1. The van der Waals surface area contributed by atoms with Crippen molar-refractivity contribution in [1.82, 2.24) is 0 Å². The van der Waals surface area contributed by atoms with Crippen LogP contribution in [0.3, 0.4) is 0 Å². The molecule has 3 nitrogen and oxygen atoms in total. The summed E-state index contributed by atoms with van der Waals surface area (Å²) in [5.41, 5.74) is 1.13. The highest BCUT2D eigenvalue weighted by atomic mass is 79.9. The fraction of sp³-hybridized carbons (Fsp3) is 0.0769. The van der Waals surface area contributed by atoms with E-state index < -0.39 is 15.8 Å². The second-order valence-corrected chi connectivity index (χ2v) is 7.51. The van der Waals surface area contributed by atoms with E-state index in [1.807, 2.05) is 0 Å². The van der Waals surface area contributed by atoms with E-state index in [-0.39, 0.29) is 4.90 Å². The minimum atomic E-state index is -3.97. The van der Waals surface area contributed by atoms with Gasteiger partial charge in [-0.1, -0.05) is 37.9 Å². The van der Waals surface area contributed by atoms with Gasteiger partial charge in [-0.05, 0) is 42.8 Å². The molecule has 106 valence electrons. The highest BCUT2D eigenvalue weighted by Crippen LogP contribution is 2.27. The summed E-state index contributed by atoms with van der Waals surface area (Å²) >= 11 is 6.41. The number of nitrogens with one attached hydrogen (secondary N) is 1. The van der Waals surface area contributed by atoms with Crippen LogP contribution in [0.25, 0.3) is 0 Å². The molecule has 0 fully saturated rings. The predicted molar refractivity (Wildman–Crippen MR) is 83.8 cm³/mol. The molecule has 0 aliphatic carbocycles. The molecule has 0 amide bonds. The van der Waals surface area contributed by atoms with Crippen LogP contribution in [0, 0.1) is 12.7 Å². The molecule has 0 saturated heterocycles. The lowest BCUT2D eigenvalue weighted by Crippen LogP contribution is -2.15. The second kappa shape index (κ2) is 5.83. The van der Waals surface area contributed by atoms with Crippen molar-refractivity contribution in [3.8, 4) is 0 Å². The van der Waals surface area contributed by atoms with Crippen molar-refractivity contribution in [3.63, 3.8) is 0 Å². The molecule has 2 rings (SSSR count). The van der Waals surface area contributed by atoms with Crippen LogP contribution in [0.2, 0.25) is 0 Å². The second-order valence-electron chi connectivity index (χ2n) is 4.09. The van der Waals surface area contributed by atoms with Crippen molar-refractivity contribution in [2.45, 2.75) is 11.8 Å². The molecule has 0 aliphatic heterocycles. The summed E-state index contributed by atoms with van der Waals surface area (Å²) in [6.45, 7) is 1.76. The SMILES string of the molecule is Cc1c(Br)cccc1NS(=O)(=O)c1ccc(Br)cc1F. The van der Waals surface area contributed by atoms with Gasteiger partial charge in [0.25, 0.3) is 10.0 Å². The lowest BCUT2D eigenvalue weighted by molar-refractivity contribution is 0.570. The van der Waals surface area contributed by atoms with E-state index in [1.54, 1.807) is 25.1 Å². The van der Waals surface area contributed by atoms with E-state index in [1.165, 1.54) is 12.1 Å². The summed E-state index contributed by atoms with van der Waals surface area (Å²) in [5.74, 6) is -0.806. The van der Waals surface area contributed by atoms with E-state index in [2.05, 4.69) is 36.6 Å². The number of benzene rings is 2. The lowest BCUT2D eigenvalue weighted by Gasteiger charge is -2.12. The zero-order chi connectivity index (χ0) is 14.9. The van der Waals surface area contributed by atoms with Crippen LogP contribution in [-0.2, 0) is 10.0 Å². The largest absolute Gasteiger partial charge is 0.279 e. The van der Waals surface area contributed by atoms with Crippen LogP contribution in [0.15, 0.2) is 50.2 Å². The Balaban J connectivity index is 2.44. The third-order valence-corrected chi connectivity index (χ3v) is 5.45. The lowest BCUT2D eigenvalue weighted by atomic mass is 10.2. The van der Waals surface area contributed by atoms with Gasteiger partial charge < -0.3 is 0 Å². The zero-order valence-corrected chi connectivity index (χ0v) is 14.3. The average molecular weight is 423 g/mol. The van der Waals surface area contributed by atoms with Gasteiger partial charge in [-0.3, -0.25) is 4.72 Å². The Morgan fingerprint density at radius 3 is 2.50 bits per heavy atom. The molecule has 0 aromatic heterocycles. The maximum Gasteiger partial charge on any atom is 0.264 e. The molecule has 2 aromatic carbocycles. The Labute approximate surface area is 133 Å². The summed E-state index contributed by atoms with van der Waals surface area (Å²) < 4.78 is 41.8. The maximum absolute atomic E-state index is 13.8. The first-order valence-electron chi connectivity index (χ1n) is 5.54. The minimum absolute atomic E-state index is 0.389. The van der Waals surface area contributed by atoms with Crippen molar-refractivity contribution >= 4 is 47.6 Å². The normalized spacial score (nSPS) is 11.4. The van der Waals surface area contributed by atoms with Crippen LogP contribution in [0.5, 0.6) is 0 Å². The molecule has 0 spiro atoms. The number of anilines is 1. The van der Waals surface area contributed by atoms with E-state index in [0.29, 0.717) is 10.2 Å². The first kappa shape index (κ1) is 15.5. The molecule has 0 radical (unpaired) electrons. The van der Waals surface area contributed by atoms with Crippen LogP contribution in [0.4, 0.5) is 10.1 Å². The molecule has 0 unspecified atom stereocenters. The van der Waals surface area contributed by atoms with Crippen LogP contribution < -0.4 is 4.72 Å². The smallest absolute Gasteiger partial charge is 0.264 e. The summed E-state index contributed by atoms with van der Waals surface area (Å²) in [6.07, 6.45) is 0. The topological polar surface area (TPSA) is 46.2 Å². The molecule has 7 heteroatoms. The quantitative estimate of drug-likeness (QED) is 0.793. The molecule has 0 heterocycles. The summed E-state index contributed by atoms with van der Waals surface area (Å²) in [6, 6.07) is 8.93. The van der Waals surface area contributed by atoms with Gasteiger partial charge in [-0.25, -0.2) is 12.8 Å². The first-order chi connectivity index (χ1) is 9.31. The van der Waals surface area contributed by atoms with Crippen molar-refractivity contribution in [2.24, 2.45) is 0 Å². The third-order valence-electron chi connectivity index (χ3n) is 2.70. The van der Waals surface area contributed by atoms with Crippen molar-refractivity contribution < 1.29 is 12.8 Å². The fourth-order valence-corrected chi connectivity index (χ4v) is 3.49. The number of sulfonamides is 1. The number of rotatable bonds is 3. The number of halogens is 3. The molecule has 2 aromatic rings. The van der Waals surface area contributed by atoms with Crippen molar-refractivity contribution in [2.75, 3.05) is 4.72 Å². The van der Waals surface area contributed by atoms with Crippen molar-refractivity contribution in [3.05, 3.63) is 56.7 Å².